The third-order valence-corrected chi connectivity index (χ3v) is 8.13. The van der Waals surface area contributed by atoms with Gasteiger partial charge in [0.1, 0.15) is 17.4 Å². The van der Waals surface area contributed by atoms with Gasteiger partial charge in [0.2, 0.25) is 0 Å². The molecule has 0 spiro atoms. The van der Waals surface area contributed by atoms with E-state index < -0.39 is 11.2 Å². The molecular formula is C28H26F2N2O3S. The number of pyridine rings is 1. The number of nitrogens with one attached hydrogen (secondary N) is 1. The van der Waals surface area contributed by atoms with E-state index in [-0.39, 0.29) is 41.5 Å². The molecule has 5 nitrogen and oxygen atoms in total. The van der Waals surface area contributed by atoms with E-state index in [4.69, 9.17) is 4.74 Å². The molecule has 0 saturated heterocycles. The van der Waals surface area contributed by atoms with Gasteiger partial charge in [-0.1, -0.05) is 18.2 Å². The van der Waals surface area contributed by atoms with Gasteiger partial charge in [-0.3, -0.25) is 9.59 Å². The number of rotatable bonds is 8. The van der Waals surface area contributed by atoms with Crippen LogP contribution in [0.4, 0.5) is 14.6 Å². The number of anilines is 1. The molecule has 1 aromatic heterocycles. The first-order chi connectivity index (χ1) is 17.1. The van der Waals surface area contributed by atoms with Crippen LogP contribution in [0.5, 0.6) is 11.5 Å². The summed E-state index contributed by atoms with van der Waals surface area (Å²) in [6.07, 6.45) is 2.64. The SMILES string of the molecule is CC1(C)CSc2c(Oc3ccc(CC(=O)C4(C(=O)Cc5ccc(F)cc5)CC4)cc3F)ccnc2N1. The number of hydrogen-bond donors (Lipinski definition) is 1. The van der Waals surface area contributed by atoms with Gasteiger partial charge in [0.15, 0.2) is 23.1 Å². The number of ketones is 2. The van der Waals surface area contributed by atoms with Crippen LogP contribution in [0, 0.1) is 17.0 Å². The van der Waals surface area contributed by atoms with Crippen molar-refractivity contribution in [2.45, 2.75) is 50.0 Å². The zero-order chi connectivity index (χ0) is 25.5. The van der Waals surface area contributed by atoms with E-state index in [2.05, 4.69) is 24.1 Å². The summed E-state index contributed by atoms with van der Waals surface area (Å²) in [4.78, 5) is 31.1. The molecule has 0 bridgehead atoms. The monoisotopic (exact) mass is 508 g/mol. The van der Waals surface area contributed by atoms with E-state index in [1.54, 1.807) is 42.2 Å². The predicted molar refractivity (Wildman–Crippen MR) is 135 cm³/mol. The number of fused-ring (bicyclic) bond motifs is 1. The molecule has 0 atom stereocenters. The second-order valence-corrected chi connectivity index (χ2v) is 11.0. The normalized spacial score (nSPS) is 17.0. The predicted octanol–water partition coefficient (Wildman–Crippen LogP) is 6.15. The number of carbonyl (C=O) groups is 2. The molecular weight excluding hydrogens is 482 g/mol. The molecule has 3 aromatic rings. The molecule has 1 aliphatic carbocycles. The summed E-state index contributed by atoms with van der Waals surface area (Å²) in [5.74, 6) is 0.748. The van der Waals surface area contributed by atoms with Crippen LogP contribution in [0.3, 0.4) is 0 Å². The zero-order valence-electron chi connectivity index (χ0n) is 20.1. The second-order valence-electron chi connectivity index (χ2n) is 10.1. The van der Waals surface area contributed by atoms with E-state index in [0.29, 0.717) is 35.5 Å². The van der Waals surface area contributed by atoms with Crippen molar-refractivity contribution in [1.82, 2.24) is 4.98 Å². The largest absolute Gasteiger partial charge is 0.453 e. The number of thioether (sulfide) groups is 1. The number of aromatic nitrogens is 1. The Morgan fingerprint density at radius 2 is 1.64 bits per heavy atom. The topological polar surface area (TPSA) is 68.3 Å². The number of benzene rings is 2. The maximum absolute atomic E-state index is 15.0. The average molecular weight is 509 g/mol. The Bertz CT molecular complexity index is 1340. The van der Waals surface area contributed by atoms with Crippen molar-refractivity contribution in [2.75, 3.05) is 11.1 Å². The number of hydrogen-bond acceptors (Lipinski definition) is 6. The van der Waals surface area contributed by atoms with Gasteiger partial charge in [-0.2, -0.15) is 0 Å². The summed E-state index contributed by atoms with van der Waals surface area (Å²) in [7, 11) is 0. The highest BCUT2D eigenvalue weighted by atomic mass is 32.2. The van der Waals surface area contributed by atoms with Crippen molar-refractivity contribution in [3.05, 3.63) is 77.5 Å². The Morgan fingerprint density at radius 1 is 0.972 bits per heavy atom. The van der Waals surface area contributed by atoms with Gasteiger partial charge in [-0.15, -0.1) is 11.8 Å². The third-order valence-electron chi connectivity index (χ3n) is 6.58. The molecule has 1 fully saturated rings. The average Bonchev–Trinajstić information content (AvgIpc) is 3.64. The lowest BCUT2D eigenvalue weighted by molar-refractivity contribution is -0.133. The highest BCUT2D eigenvalue weighted by Crippen LogP contribution is 2.49. The minimum atomic E-state index is -1.02. The van der Waals surface area contributed by atoms with E-state index in [1.807, 2.05) is 0 Å². The zero-order valence-corrected chi connectivity index (χ0v) is 20.9. The van der Waals surface area contributed by atoms with Crippen molar-refractivity contribution in [3.8, 4) is 11.5 Å². The summed E-state index contributed by atoms with van der Waals surface area (Å²) < 4.78 is 34.0. The lowest BCUT2D eigenvalue weighted by atomic mass is 9.88. The summed E-state index contributed by atoms with van der Waals surface area (Å²) in [5, 5.41) is 3.37. The Hall–Kier alpha value is -3.26. The quantitative estimate of drug-likeness (QED) is 0.368. The standard InChI is InChI=1S/C28H26F2N2O3S/c1-27(2)16-36-25-22(9-12-31-26(25)32-27)35-21-8-5-18(13-20(21)30)15-24(34)28(10-11-28)23(33)14-17-3-6-19(29)7-4-17/h3-9,12-13H,10-11,14-16H2,1-2H3,(H,31,32). The van der Waals surface area contributed by atoms with Gasteiger partial charge in [0, 0.05) is 36.4 Å². The van der Waals surface area contributed by atoms with E-state index >= 15 is 0 Å². The lowest BCUT2D eigenvalue weighted by Gasteiger charge is -2.32. The van der Waals surface area contributed by atoms with Gasteiger partial charge >= 0.3 is 0 Å². The van der Waals surface area contributed by atoms with Crippen LogP contribution in [0.25, 0.3) is 0 Å². The molecule has 0 amide bonds. The third kappa shape index (κ3) is 5.00. The van der Waals surface area contributed by atoms with Gasteiger partial charge < -0.3 is 10.1 Å². The Balaban J connectivity index is 1.26. The number of halogens is 2. The van der Waals surface area contributed by atoms with Crippen molar-refractivity contribution in [1.29, 1.82) is 0 Å². The van der Waals surface area contributed by atoms with Gasteiger partial charge in [-0.25, -0.2) is 13.8 Å². The van der Waals surface area contributed by atoms with Gasteiger partial charge in [0.25, 0.3) is 0 Å². The van der Waals surface area contributed by atoms with E-state index in [0.717, 1.165) is 10.6 Å². The minimum Gasteiger partial charge on any atom is -0.453 e. The smallest absolute Gasteiger partial charge is 0.166 e. The second kappa shape index (κ2) is 9.32. The number of carbonyl (C=O) groups excluding carboxylic acids is 2. The van der Waals surface area contributed by atoms with Crippen molar-refractivity contribution in [3.63, 3.8) is 0 Å². The first-order valence-electron chi connectivity index (χ1n) is 11.8. The first-order valence-corrected chi connectivity index (χ1v) is 12.8. The van der Waals surface area contributed by atoms with Crippen LogP contribution in [0.15, 0.2) is 59.6 Å². The lowest BCUT2D eigenvalue weighted by Crippen LogP contribution is -2.36. The fourth-order valence-corrected chi connectivity index (χ4v) is 5.42. The summed E-state index contributed by atoms with van der Waals surface area (Å²) in [5.41, 5.74) is 0.0272. The van der Waals surface area contributed by atoms with Crippen LogP contribution in [0.2, 0.25) is 0 Å². The first kappa shape index (κ1) is 24.4. The van der Waals surface area contributed by atoms with Gasteiger partial charge in [0.05, 0.1) is 10.3 Å². The van der Waals surface area contributed by atoms with Crippen LogP contribution >= 0.6 is 11.8 Å². The highest BCUT2D eigenvalue weighted by molar-refractivity contribution is 7.99. The summed E-state index contributed by atoms with van der Waals surface area (Å²) in [6, 6.07) is 11.9. The maximum atomic E-state index is 15.0. The van der Waals surface area contributed by atoms with Crippen LogP contribution in [-0.2, 0) is 22.4 Å². The van der Waals surface area contributed by atoms with E-state index in [9.17, 15) is 18.4 Å². The molecule has 36 heavy (non-hydrogen) atoms. The van der Waals surface area contributed by atoms with Gasteiger partial charge in [-0.05, 0) is 62.1 Å². The van der Waals surface area contributed by atoms with Crippen molar-refractivity contribution >= 4 is 29.1 Å². The molecule has 2 aliphatic rings. The molecule has 2 heterocycles. The molecule has 8 heteroatoms. The Labute approximate surface area is 212 Å². The molecule has 1 saturated carbocycles. The Kier molecular flexibility index (Phi) is 6.32. The van der Waals surface area contributed by atoms with Crippen LogP contribution in [0.1, 0.15) is 37.8 Å². The van der Waals surface area contributed by atoms with Crippen LogP contribution in [-0.4, -0.2) is 27.8 Å². The molecule has 0 unspecified atom stereocenters. The summed E-state index contributed by atoms with van der Waals surface area (Å²) in [6.45, 7) is 4.17. The minimum absolute atomic E-state index is 0.0358. The van der Waals surface area contributed by atoms with Crippen molar-refractivity contribution < 1.29 is 23.1 Å². The molecule has 2 aromatic carbocycles. The van der Waals surface area contributed by atoms with E-state index in [1.165, 1.54) is 24.3 Å². The van der Waals surface area contributed by atoms with Crippen molar-refractivity contribution in [2.24, 2.45) is 5.41 Å². The summed E-state index contributed by atoms with van der Waals surface area (Å²) >= 11 is 1.60. The molecule has 1 N–H and O–H groups in total. The number of ether oxygens (including phenoxy) is 1. The maximum Gasteiger partial charge on any atom is 0.166 e. The molecule has 5 rings (SSSR count). The fourth-order valence-electron chi connectivity index (χ4n) is 4.35. The number of nitrogens with zero attached hydrogens (tertiary/aromatic N) is 1. The Morgan fingerprint density at radius 3 is 2.31 bits per heavy atom. The molecule has 0 radical (unpaired) electrons. The van der Waals surface area contributed by atoms with Crippen LogP contribution < -0.4 is 10.1 Å². The fraction of sp³-hybridized carbons (Fsp3) is 0.321. The molecule has 1 aliphatic heterocycles. The highest BCUT2D eigenvalue weighted by Gasteiger charge is 2.54. The number of Topliss-reactive ketones (excluding diaryl/α,β-unsaturated/α-hetero) is 2. The molecule has 186 valence electrons.